The van der Waals surface area contributed by atoms with Crippen LogP contribution in [0.2, 0.25) is 0 Å². The molecule has 3 rings (SSSR count). The molecule has 0 aliphatic carbocycles. The average molecular weight is 429 g/mol. The Morgan fingerprint density at radius 1 is 1.28 bits per heavy atom. The second kappa shape index (κ2) is 8.64. The molecule has 2 N–H and O–H groups in total. The van der Waals surface area contributed by atoms with Crippen LogP contribution in [-0.4, -0.2) is 47.0 Å². The molecule has 0 saturated carbocycles. The monoisotopic (exact) mass is 429 g/mol. The lowest BCUT2D eigenvalue weighted by Gasteiger charge is -2.30. The normalized spacial score (nSPS) is 20.5. The van der Waals surface area contributed by atoms with Gasteiger partial charge in [-0.05, 0) is 44.4 Å². The van der Waals surface area contributed by atoms with Gasteiger partial charge in [0.1, 0.15) is 6.04 Å². The van der Waals surface area contributed by atoms with Crippen molar-refractivity contribution in [3.8, 4) is 0 Å². The van der Waals surface area contributed by atoms with E-state index in [0.29, 0.717) is 18.0 Å². The molecule has 0 unspecified atom stereocenters. The molecule has 6 nitrogen and oxygen atoms in total. The van der Waals surface area contributed by atoms with Crippen molar-refractivity contribution < 1.29 is 27.6 Å². The zero-order valence-corrected chi connectivity index (χ0v) is 16.7. The number of likely N-dealkylation sites (tertiary alicyclic amines) is 1. The van der Waals surface area contributed by atoms with Gasteiger partial charge >= 0.3 is 6.18 Å². The number of rotatable bonds is 4. The lowest BCUT2D eigenvalue weighted by atomic mass is 10.1. The average Bonchev–Trinajstić information content (AvgIpc) is 2.67. The van der Waals surface area contributed by atoms with Crippen molar-refractivity contribution in [2.75, 3.05) is 18.4 Å². The molecule has 3 amide bonds. The maximum absolute atomic E-state index is 12.8. The summed E-state index contributed by atoms with van der Waals surface area (Å²) >= 11 is 1.04. The summed E-state index contributed by atoms with van der Waals surface area (Å²) in [6, 6.07) is 2.42. The van der Waals surface area contributed by atoms with Gasteiger partial charge in [0.2, 0.25) is 17.7 Å². The Balaban J connectivity index is 1.58. The summed E-state index contributed by atoms with van der Waals surface area (Å²) in [5.74, 6) is -1.14. The summed E-state index contributed by atoms with van der Waals surface area (Å²) in [4.78, 5) is 39.2. The molecule has 1 aromatic carbocycles. The number of alkyl halides is 3. The third-order valence-electron chi connectivity index (χ3n) is 4.91. The zero-order valence-electron chi connectivity index (χ0n) is 15.8. The summed E-state index contributed by atoms with van der Waals surface area (Å²) < 4.78 is 38.5. The Labute approximate surface area is 170 Å². The Hall–Kier alpha value is -2.23. The number of hydrogen-bond acceptors (Lipinski definition) is 4. The highest BCUT2D eigenvalue weighted by atomic mass is 32.2. The highest BCUT2D eigenvalue weighted by Crippen LogP contribution is 2.40. The molecule has 1 aromatic rings. The fraction of sp³-hybridized carbons (Fsp3) is 0.526. The predicted molar refractivity (Wildman–Crippen MR) is 102 cm³/mol. The van der Waals surface area contributed by atoms with Crippen LogP contribution in [-0.2, 0) is 20.6 Å². The van der Waals surface area contributed by atoms with Crippen LogP contribution in [0.15, 0.2) is 23.1 Å². The van der Waals surface area contributed by atoms with Crippen LogP contribution in [0.3, 0.4) is 0 Å². The first-order valence-electron chi connectivity index (χ1n) is 9.42. The summed E-state index contributed by atoms with van der Waals surface area (Å²) in [6.07, 6.45) is -1.70. The number of hydrogen-bond donors (Lipinski definition) is 2. The first-order valence-corrected chi connectivity index (χ1v) is 10.3. The van der Waals surface area contributed by atoms with Crippen LogP contribution in [0.25, 0.3) is 0 Å². The quantitative estimate of drug-likeness (QED) is 0.771. The van der Waals surface area contributed by atoms with Crippen LogP contribution >= 0.6 is 11.8 Å². The lowest BCUT2D eigenvalue weighted by Crippen LogP contribution is -2.49. The van der Waals surface area contributed by atoms with E-state index in [0.717, 1.165) is 43.2 Å². The minimum absolute atomic E-state index is 0.0835. The number of halogens is 3. The van der Waals surface area contributed by atoms with Crippen LogP contribution in [0.5, 0.6) is 0 Å². The van der Waals surface area contributed by atoms with Gasteiger partial charge in [0.25, 0.3) is 0 Å². The van der Waals surface area contributed by atoms with Gasteiger partial charge < -0.3 is 15.5 Å². The molecular weight excluding hydrogens is 407 g/mol. The van der Waals surface area contributed by atoms with E-state index < -0.39 is 34.8 Å². The molecule has 1 fully saturated rings. The number of nitrogens with zero attached hydrogens (tertiary/aromatic N) is 1. The van der Waals surface area contributed by atoms with Gasteiger partial charge in [-0.2, -0.15) is 13.2 Å². The molecule has 1 saturated heterocycles. The van der Waals surface area contributed by atoms with Crippen molar-refractivity contribution in [2.24, 2.45) is 0 Å². The van der Waals surface area contributed by atoms with Gasteiger partial charge in [0.15, 0.2) is 0 Å². The van der Waals surface area contributed by atoms with E-state index in [1.165, 1.54) is 6.07 Å². The molecule has 0 spiro atoms. The molecule has 10 heteroatoms. The van der Waals surface area contributed by atoms with Gasteiger partial charge in [-0.15, -0.1) is 11.8 Å². The van der Waals surface area contributed by atoms with Gasteiger partial charge in [-0.1, -0.05) is 0 Å². The standard InChI is InChI=1S/C19H22F3N3O3S/c1-11(18(28)25-7-3-2-4-8-25)23-16(26)10-15-17(27)24-13-9-12(19(20,21)22)5-6-14(13)29-15/h5-6,9,11,15H,2-4,7-8,10H2,1H3,(H,23,26)(H,24,27)/t11-,15+/m1/s1. The fourth-order valence-electron chi connectivity index (χ4n) is 3.38. The second-order valence-corrected chi connectivity index (χ2v) is 8.43. The Morgan fingerprint density at radius 3 is 2.62 bits per heavy atom. The Bertz CT molecular complexity index is 810. The van der Waals surface area contributed by atoms with E-state index in [9.17, 15) is 27.6 Å². The Kier molecular flexibility index (Phi) is 6.40. The van der Waals surface area contributed by atoms with Crippen LogP contribution < -0.4 is 10.6 Å². The van der Waals surface area contributed by atoms with E-state index in [-0.39, 0.29) is 18.0 Å². The number of carbonyl (C=O) groups is 3. The maximum atomic E-state index is 12.8. The highest BCUT2D eigenvalue weighted by molar-refractivity contribution is 8.01. The molecule has 0 aromatic heterocycles. The molecule has 2 atom stereocenters. The topological polar surface area (TPSA) is 78.5 Å². The maximum Gasteiger partial charge on any atom is 0.416 e. The predicted octanol–water partition coefficient (Wildman–Crippen LogP) is 3.03. The number of nitrogens with one attached hydrogen (secondary N) is 2. The number of benzene rings is 1. The van der Waals surface area contributed by atoms with E-state index in [1.54, 1.807) is 11.8 Å². The number of fused-ring (bicyclic) bond motifs is 1. The van der Waals surface area contributed by atoms with Crippen LogP contribution in [0, 0.1) is 0 Å². The summed E-state index contributed by atoms with van der Waals surface area (Å²) in [5.41, 5.74) is -0.765. The molecule has 2 aliphatic heterocycles. The van der Waals surface area contributed by atoms with E-state index >= 15 is 0 Å². The fourth-order valence-corrected chi connectivity index (χ4v) is 4.47. The number of anilines is 1. The third-order valence-corrected chi connectivity index (χ3v) is 6.19. The third kappa shape index (κ3) is 5.23. The lowest BCUT2D eigenvalue weighted by molar-refractivity contribution is -0.137. The molecule has 2 aliphatic rings. The molecule has 0 bridgehead atoms. The summed E-state index contributed by atoms with van der Waals surface area (Å²) in [7, 11) is 0. The SMILES string of the molecule is C[C@@H](NC(=O)C[C@@H]1Sc2ccc(C(F)(F)F)cc2NC1=O)C(=O)N1CCCCC1. The zero-order chi connectivity index (χ0) is 21.2. The molecule has 2 heterocycles. The first-order chi connectivity index (χ1) is 13.6. The van der Waals surface area contributed by atoms with Crippen molar-refractivity contribution in [1.29, 1.82) is 0 Å². The van der Waals surface area contributed by atoms with Crippen molar-refractivity contribution in [2.45, 2.75) is 55.0 Å². The van der Waals surface area contributed by atoms with Crippen molar-refractivity contribution >= 4 is 35.2 Å². The highest BCUT2D eigenvalue weighted by Gasteiger charge is 2.34. The van der Waals surface area contributed by atoms with E-state index in [2.05, 4.69) is 10.6 Å². The number of thioether (sulfide) groups is 1. The van der Waals surface area contributed by atoms with Crippen molar-refractivity contribution in [1.82, 2.24) is 10.2 Å². The molecule has 0 radical (unpaired) electrons. The Morgan fingerprint density at radius 2 is 1.97 bits per heavy atom. The molecular formula is C19H22F3N3O3S. The van der Waals surface area contributed by atoms with Crippen molar-refractivity contribution in [3.63, 3.8) is 0 Å². The second-order valence-electron chi connectivity index (χ2n) is 7.18. The van der Waals surface area contributed by atoms with Crippen molar-refractivity contribution in [3.05, 3.63) is 23.8 Å². The van der Waals surface area contributed by atoms with Gasteiger partial charge in [-0.25, -0.2) is 0 Å². The smallest absolute Gasteiger partial charge is 0.345 e. The molecule has 158 valence electrons. The number of amides is 3. The van der Waals surface area contributed by atoms with Crippen LogP contribution in [0.4, 0.5) is 18.9 Å². The largest absolute Gasteiger partial charge is 0.416 e. The number of piperidine rings is 1. The van der Waals surface area contributed by atoms with Gasteiger partial charge in [0, 0.05) is 24.4 Å². The summed E-state index contributed by atoms with van der Waals surface area (Å²) in [5, 5.41) is 4.29. The minimum atomic E-state index is -4.50. The first kappa shape index (κ1) is 21.5. The van der Waals surface area contributed by atoms with E-state index in [1.807, 2.05) is 0 Å². The van der Waals surface area contributed by atoms with Gasteiger partial charge in [0.05, 0.1) is 16.5 Å². The summed E-state index contributed by atoms with van der Waals surface area (Å²) in [6.45, 7) is 2.96. The minimum Gasteiger partial charge on any atom is -0.345 e. The van der Waals surface area contributed by atoms with Gasteiger partial charge in [-0.3, -0.25) is 14.4 Å². The number of carbonyl (C=O) groups excluding carboxylic acids is 3. The van der Waals surface area contributed by atoms with E-state index in [4.69, 9.17) is 0 Å². The molecule has 29 heavy (non-hydrogen) atoms. The van der Waals surface area contributed by atoms with Crippen LogP contribution in [0.1, 0.15) is 38.2 Å².